The molecule has 0 saturated heterocycles. The van der Waals surface area contributed by atoms with Crippen LogP contribution in [-0.4, -0.2) is 31.3 Å². The molecule has 32 heavy (non-hydrogen) atoms. The monoisotopic (exact) mass is 431 g/mol. The first kappa shape index (κ1) is 23.2. The van der Waals surface area contributed by atoms with Gasteiger partial charge in [0, 0.05) is 13.0 Å². The van der Waals surface area contributed by atoms with Gasteiger partial charge >= 0.3 is 0 Å². The SMILES string of the molecule is CCCC#CCOc1ccc(CCNC(=O)C(O)c2ccc3ccccc3c2)cc1OC. The van der Waals surface area contributed by atoms with E-state index in [-0.39, 0.29) is 0 Å². The maximum atomic E-state index is 12.4. The van der Waals surface area contributed by atoms with Crippen molar-refractivity contribution in [1.82, 2.24) is 5.32 Å². The van der Waals surface area contributed by atoms with Gasteiger partial charge in [0.2, 0.25) is 0 Å². The summed E-state index contributed by atoms with van der Waals surface area (Å²) in [4.78, 5) is 12.4. The van der Waals surface area contributed by atoms with Crippen LogP contribution in [0.15, 0.2) is 60.7 Å². The third kappa shape index (κ3) is 6.26. The number of carbonyl (C=O) groups excluding carboxylic acids is 1. The molecule has 3 rings (SSSR count). The molecule has 0 heterocycles. The van der Waals surface area contributed by atoms with Crippen LogP contribution in [0, 0.1) is 11.8 Å². The molecule has 5 heteroatoms. The minimum atomic E-state index is -1.21. The van der Waals surface area contributed by atoms with Gasteiger partial charge in [-0.15, -0.1) is 0 Å². The Balaban J connectivity index is 1.53. The van der Waals surface area contributed by atoms with E-state index in [1.807, 2.05) is 54.6 Å². The van der Waals surface area contributed by atoms with Crippen LogP contribution in [-0.2, 0) is 11.2 Å². The lowest BCUT2D eigenvalue weighted by Crippen LogP contribution is -2.31. The highest BCUT2D eigenvalue weighted by Crippen LogP contribution is 2.28. The lowest BCUT2D eigenvalue weighted by Gasteiger charge is -2.13. The van der Waals surface area contributed by atoms with Crippen molar-refractivity contribution in [3.05, 3.63) is 71.8 Å². The quantitative estimate of drug-likeness (QED) is 0.492. The number of methoxy groups -OCH3 is 1. The van der Waals surface area contributed by atoms with Crippen LogP contribution in [0.5, 0.6) is 11.5 Å². The molecule has 0 fully saturated rings. The first-order chi connectivity index (χ1) is 15.6. The first-order valence-corrected chi connectivity index (χ1v) is 10.8. The van der Waals surface area contributed by atoms with Crippen molar-refractivity contribution in [2.75, 3.05) is 20.3 Å². The second-order valence-corrected chi connectivity index (χ2v) is 7.43. The lowest BCUT2D eigenvalue weighted by atomic mass is 10.0. The number of benzene rings is 3. The van der Waals surface area contributed by atoms with E-state index in [9.17, 15) is 9.90 Å². The Morgan fingerprint density at radius 3 is 2.62 bits per heavy atom. The lowest BCUT2D eigenvalue weighted by molar-refractivity contribution is -0.129. The van der Waals surface area contributed by atoms with Crippen LogP contribution in [0.4, 0.5) is 0 Å². The van der Waals surface area contributed by atoms with Gasteiger partial charge in [-0.25, -0.2) is 0 Å². The molecule has 3 aromatic rings. The highest BCUT2D eigenvalue weighted by Gasteiger charge is 2.17. The van der Waals surface area contributed by atoms with Gasteiger partial charge in [0.15, 0.2) is 17.6 Å². The molecule has 0 aromatic heterocycles. The van der Waals surface area contributed by atoms with E-state index in [1.54, 1.807) is 13.2 Å². The highest BCUT2D eigenvalue weighted by atomic mass is 16.5. The van der Waals surface area contributed by atoms with Crippen molar-refractivity contribution in [2.24, 2.45) is 0 Å². The molecule has 5 nitrogen and oxygen atoms in total. The van der Waals surface area contributed by atoms with Crippen LogP contribution in [0.3, 0.4) is 0 Å². The minimum absolute atomic E-state index is 0.318. The Labute approximate surface area is 189 Å². The van der Waals surface area contributed by atoms with Gasteiger partial charge in [0.05, 0.1) is 7.11 Å². The number of nitrogens with one attached hydrogen (secondary N) is 1. The fourth-order valence-corrected chi connectivity index (χ4v) is 3.32. The second kappa shape index (κ2) is 11.8. The van der Waals surface area contributed by atoms with E-state index in [0.717, 1.165) is 29.2 Å². The number of carbonyl (C=O) groups is 1. The molecule has 2 N–H and O–H groups in total. The predicted octanol–water partition coefficient (Wildman–Crippen LogP) is 4.42. The number of aliphatic hydroxyl groups is 1. The Hall–Kier alpha value is -3.49. The fourth-order valence-electron chi connectivity index (χ4n) is 3.32. The molecule has 0 spiro atoms. The van der Waals surface area contributed by atoms with Gasteiger partial charge < -0.3 is 19.9 Å². The molecule has 0 aliphatic rings. The Bertz CT molecular complexity index is 1110. The van der Waals surface area contributed by atoms with Gasteiger partial charge in [-0.3, -0.25) is 4.79 Å². The Kier molecular flexibility index (Phi) is 8.53. The van der Waals surface area contributed by atoms with Crippen molar-refractivity contribution in [3.63, 3.8) is 0 Å². The molecule has 1 unspecified atom stereocenters. The van der Waals surface area contributed by atoms with Crippen LogP contribution < -0.4 is 14.8 Å². The summed E-state index contributed by atoms with van der Waals surface area (Å²) in [5.41, 5.74) is 1.57. The second-order valence-electron chi connectivity index (χ2n) is 7.43. The molecule has 3 aromatic carbocycles. The topological polar surface area (TPSA) is 67.8 Å². The average Bonchev–Trinajstić information content (AvgIpc) is 2.83. The summed E-state index contributed by atoms with van der Waals surface area (Å²) in [5, 5.41) is 15.3. The van der Waals surface area contributed by atoms with Gasteiger partial charge in [-0.05, 0) is 52.9 Å². The van der Waals surface area contributed by atoms with E-state index < -0.39 is 12.0 Å². The van der Waals surface area contributed by atoms with Crippen LogP contribution >= 0.6 is 0 Å². The van der Waals surface area contributed by atoms with Crippen molar-refractivity contribution in [2.45, 2.75) is 32.3 Å². The van der Waals surface area contributed by atoms with E-state index in [0.29, 0.717) is 36.6 Å². The van der Waals surface area contributed by atoms with Gasteiger partial charge in [-0.1, -0.05) is 61.2 Å². The molecule has 0 aliphatic heterocycles. The molecule has 0 saturated carbocycles. The molecular formula is C27H29NO4. The molecule has 0 radical (unpaired) electrons. The number of amides is 1. The summed E-state index contributed by atoms with van der Waals surface area (Å²) in [6, 6.07) is 19.1. The summed E-state index contributed by atoms with van der Waals surface area (Å²) in [6.45, 7) is 2.80. The number of unbranched alkanes of at least 4 members (excludes halogenated alkanes) is 1. The van der Waals surface area contributed by atoms with Crippen molar-refractivity contribution >= 4 is 16.7 Å². The number of aliphatic hydroxyl groups excluding tert-OH is 1. The summed E-state index contributed by atoms with van der Waals surface area (Å²) < 4.78 is 11.1. The molecule has 1 atom stereocenters. The smallest absolute Gasteiger partial charge is 0.253 e. The predicted molar refractivity (Wildman–Crippen MR) is 127 cm³/mol. The van der Waals surface area contributed by atoms with Crippen LogP contribution in [0.1, 0.15) is 37.0 Å². The normalized spacial score (nSPS) is 11.3. The highest BCUT2D eigenvalue weighted by molar-refractivity contribution is 5.86. The molecular weight excluding hydrogens is 402 g/mol. The molecule has 1 amide bonds. The third-order valence-electron chi connectivity index (χ3n) is 5.08. The standard InChI is InChI=1S/C27H29NO4/c1-3-4-5-8-17-32-24-14-11-20(18-25(24)31-2)15-16-28-27(30)26(29)23-13-12-21-9-6-7-10-22(21)19-23/h6-7,9-14,18-19,26,29H,3-4,15-17H2,1-2H3,(H,28,30). The van der Waals surface area contributed by atoms with Crippen LogP contribution in [0.25, 0.3) is 10.8 Å². The fraction of sp³-hybridized carbons (Fsp3) is 0.296. The van der Waals surface area contributed by atoms with Crippen LogP contribution in [0.2, 0.25) is 0 Å². The molecule has 0 bridgehead atoms. The molecule has 0 aliphatic carbocycles. The zero-order valence-electron chi connectivity index (χ0n) is 18.6. The minimum Gasteiger partial charge on any atom is -0.493 e. The summed E-state index contributed by atoms with van der Waals surface area (Å²) in [7, 11) is 1.59. The maximum Gasteiger partial charge on any atom is 0.253 e. The number of hydrogen-bond acceptors (Lipinski definition) is 4. The maximum absolute atomic E-state index is 12.4. The van der Waals surface area contributed by atoms with Gasteiger partial charge in [0.1, 0.15) is 6.61 Å². The number of rotatable bonds is 9. The number of fused-ring (bicyclic) bond motifs is 1. The van der Waals surface area contributed by atoms with Crippen molar-refractivity contribution < 1.29 is 19.4 Å². The Morgan fingerprint density at radius 2 is 1.84 bits per heavy atom. The largest absolute Gasteiger partial charge is 0.493 e. The zero-order valence-corrected chi connectivity index (χ0v) is 18.6. The summed E-state index contributed by atoms with van der Waals surface area (Å²) >= 11 is 0. The number of hydrogen-bond donors (Lipinski definition) is 2. The van der Waals surface area contributed by atoms with E-state index in [1.165, 1.54) is 0 Å². The van der Waals surface area contributed by atoms with Gasteiger partial charge in [0.25, 0.3) is 5.91 Å². The number of ether oxygens (including phenoxy) is 2. The average molecular weight is 432 g/mol. The first-order valence-electron chi connectivity index (χ1n) is 10.8. The zero-order chi connectivity index (χ0) is 22.8. The van der Waals surface area contributed by atoms with Gasteiger partial charge in [-0.2, -0.15) is 0 Å². The van der Waals surface area contributed by atoms with Crippen molar-refractivity contribution in [1.29, 1.82) is 0 Å². The Morgan fingerprint density at radius 1 is 1.03 bits per heavy atom. The van der Waals surface area contributed by atoms with E-state index in [2.05, 4.69) is 24.1 Å². The molecule has 166 valence electrons. The summed E-state index contributed by atoms with van der Waals surface area (Å²) in [6.07, 6.45) is 1.28. The summed E-state index contributed by atoms with van der Waals surface area (Å²) in [5.74, 6) is 6.87. The third-order valence-corrected chi connectivity index (χ3v) is 5.08. The van der Waals surface area contributed by atoms with E-state index >= 15 is 0 Å². The van der Waals surface area contributed by atoms with Crippen molar-refractivity contribution in [3.8, 4) is 23.3 Å². The van der Waals surface area contributed by atoms with E-state index in [4.69, 9.17) is 9.47 Å².